The van der Waals surface area contributed by atoms with Crippen molar-refractivity contribution in [3.8, 4) is 5.75 Å². The van der Waals surface area contributed by atoms with Gasteiger partial charge in [0, 0.05) is 10.8 Å². The van der Waals surface area contributed by atoms with E-state index in [1.807, 2.05) is 24.5 Å². The van der Waals surface area contributed by atoms with Gasteiger partial charge in [0.15, 0.2) is 0 Å². The number of benzene rings is 6. The molecule has 1 heterocycles. The minimum atomic E-state index is -6.13. The highest BCUT2D eigenvalue weighted by Gasteiger charge is 2.47. The SMILES string of the molecule is Cc1cc(C)c(O[n+]2ccc3ccccc3c2)c(C)c1.FC(F)(F)c1cc([B-](c2cc(C(F)(F)F)cc(C(F)(F)F)c2)(c2cc(C(F)(F)F)cc(C(F)(F)F)c2)c2cc(C(F)(F)F)cc(C(F)(F)F)c2)cc(C(F)(F)F)c1. The van der Waals surface area contributed by atoms with Gasteiger partial charge < -0.3 is 0 Å². The van der Waals surface area contributed by atoms with Gasteiger partial charge in [-0.3, -0.25) is 0 Å². The Balaban J connectivity index is 0.000000397. The van der Waals surface area contributed by atoms with Crippen LogP contribution in [0.4, 0.5) is 105 Å². The summed E-state index contributed by atoms with van der Waals surface area (Å²) >= 11 is 0. The number of aryl methyl sites for hydroxylation is 3. The van der Waals surface area contributed by atoms with E-state index in [2.05, 4.69) is 51.1 Å². The van der Waals surface area contributed by atoms with Crippen molar-refractivity contribution in [1.29, 1.82) is 0 Å². The number of rotatable bonds is 6. The van der Waals surface area contributed by atoms with E-state index in [0.717, 1.165) is 22.3 Å². The monoisotopic (exact) mass is 1130 g/mol. The standard InChI is InChI=1S/C32H12BF24.C18H18NO/c34-25(35,36)13-1-14(26(37,38)39)6-21(5-13)33(22-7-15(27(40,41)42)2-16(8-22)28(43,44)45,23-9-17(29(46,47)48)3-18(10-23)30(49,50)51)24-11-19(31(52,53)54)4-20(12-24)32(55,56)57;1-13-10-14(2)18(15(3)11-13)20-19-9-8-16-6-4-5-7-17(16)12-19/h1-12H;4-12H,1-3H3/q-1;+1. The van der Waals surface area contributed by atoms with Crippen molar-refractivity contribution >= 4 is 38.8 Å². The number of hydrogen-bond donors (Lipinski definition) is 0. The van der Waals surface area contributed by atoms with Crippen LogP contribution >= 0.6 is 0 Å². The van der Waals surface area contributed by atoms with Crippen molar-refractivity contribution in [2.45, 2.75) is 70.2 Å². The van der Waals surface area contributed by atoms with Crippen molar-refractivity contribution in [3.05, 3.63) is 189 Å². The molecule has 0 atom stereocenters. The lowest BCUT2D eigenvalue weighted by molar-refractivity contribution is -0.874. The molecule has 0 aliphatic heterocycles. The molecule has 6 aromatic carbocycles. The molecule has 0 aliphatic carbocycles. The molecule has 0 unspecified atom stereocenters. The number of alkyl halides is 24. The topological polar surface area (TPSA) is 13.1 Å². The van der Waals surface area contributed by atoms with Gasteiger partial charge in [0.1, 0.15) is 6.15 Å². The van der Waals surface area contributed by atoms with Crippen LogP contribution in [0.3, 0.4) is 0 Å². The number of nitrogens with zero attached hydrogens (tertiary/aromatic N) is 1. The van der Waals surface area contributed by atoms with Crippen LogP contribution in [0, 0.1) is 20.8 Å². The molecule has 0 spiro atoms. The number of hydrogen-bond acceptors (Lipinski definition) is 1. The molecule has 0 radical (unpaired) electrons. The summed E-state index contributed by atoms with van der Waals surface area (Å²) in [5.74, 6) is 0.927. The Labute approximate surface area is 418 Å². The van der Waals surface area contributed by atoms with E-state index in [4.69, 9.17) is 4.84 Å². The van der Waals surface area contributed by atoms with Crippen molar-refractivity contribution in [1.82, 2.24) is 0 Å². The van der Waals surface area contributed by atoms with Gasteiger partial charge in [-0.25, -0.2) is 4.84 Å². The smallest absolute Gasteiger partial charge is 0.231 e. The van der Waals surface area contributed by atoms with E-state index < -0.39 is 195 Å². The average Bonchev–Trinajstić information content (AvgIpc) is 3.28. The summed E-state index contributed by atoms with van der Waals surface area (Å²) in [4.78, 5) is 6.02. The second kappa shape index (κ2) is 20.0. The second-order valence-electron chi connectivity index (χ2n) is 17.5. The van der Waals surface area contributed by atoms with E-state index in [9.17, 15) is 105 Å². The molecule has 412 valence electrons. The fourth-order valence-electron chi connectivity index (χ4n) is 8.66. The summed E-state index contributed by atoms with van der Waals surface area (Å²) in [5, 5.41) is 2.38. The fraction of sp³-hybridized carbons (Fsp3) is 0.220. The third kappa shape index (κ3) is 13.2. The number of fused-ring (bicyclic) bond motifs is 1. The molecule has 27 heteroatoms. The van der Waals surface area contributed by atoms with Gasteiger partial charge in [-0.15, -0.1) is 0 Å². The van der Waals surface area contributed by atoms with E-state index in [-0.39, 0.29) is 0 Å². The summed E-state index contributed by atoms with van der Waals surface area (Å²) < 4.78 is 343. The van der Waals surface area contributed by atoms with Gasteiger partial charge in [0.2, 0.25) is 18.1 Å². The molecule has 0 bridgehead atoms. The zero-order chi connectivity index (χ0) is 58.0. The Morgan fingerprint density at radius 2 is 0.571 bits per heavy atom. The lowest BCUT2D eigenvalue weighted by Crippen LogP contribution is -2.75. The molecule has 0 N–H and O–H groups in total. The lowest BCUT2D eigenvalue weighted by atomic mass is 9.12. The Kier molecular flexibility index (Phi) is 15.4. The van der Waals surface area contributed by atoms with Crippen LogP contribution in [-0.4, -0.2) is 6.15 Å². The molecule has 7 rings (SSSR count). The van der Waals surface area contributed by atoms with Crippen LogP contribution in [-0.2, 0) is 49.4 Å². The molecule has 2 nitrogen and oxygen atoms in total. The third-order valence-electron chi connectivity index (χ3n) is 11.9. The highest BCUT2D eigenvalue weighted by Crippen LogP contribution is 2.41. The minimum absolute atomic E-state index is 0.691. The molecule has 0 amide bonds. The first-order chi connectivity index (χ1) is 34.9. The first kappa shape index (κ1) is 59.2. The first-order valence-electron chi connectivity index (χ1n) is 21.4. The third-order valence-corrected chi connectivity index (χ3v) is 11.9. The van der Waals surface area contributed by atoms with Gasteiger partial charge in [-0.05, 0) is 67.6 Å². The van der Waals surface area contributed by atoms with E-state index in [0.29, 0.717) is 0 Å². The van der Waals surface area contributed by atoms with Gasteiger partial charge in [0.25, 0.3) is 0 Å². The van der Waals surface area contributed by atoms with E-state index in [1.54, 1.807) is 4.73 Å². The maximum absolute atomic E-state index is 14.2. The normalized spacial score (nSPS) is 13.4. The van der Waals surface area contributed by atoms with Gasteiger partial charge in [-0.1, -0.05) is 84.4 Å². The van der Waals surface area contributed by atoms with E-state index in [1.165, 1.54) is 10.9 Å². The quantitative estimate of drug-likeness (QED) is 0.0919. The molecular weight excluding hydrogens is 1100 g/mol. The van der Waals surface area contributed by atoms with Gasteiger partial charge in [-0.2, -0.15) is 127 Å². The maximum Gasteiger partial charge on any atom is 0.416 e. The van der Waals surface area contributed by atoms with Gasteiger partial charge >= 0.3 is 49.4 Å². The van der Waals surface area contributed by atoms with Crippen molar-refractivity contribution in [2.24, 2.45) is 0 Å². The Hall–Kier alpha value is -7.09. The zero-order valence-corrected chi connectivity index (χ0v) is 38.6. The maximum atomic E-state index is 14.2. The fourth-order valence-corrected chi connectivity index (χ4v) is 8.66. The van der Waals surface area contributed by atoms with Crippen LogP contribution in [0.2, 0.25) is 0 Å². The van der Waals surface area contributed by atoms with Crippen LogP contribution in [0.1, 0.15) is 61.2 Å². The molecule has 0 saturated carbocycles. The van der Waals surface area contributed by atoms with Crippen molar-refractivity contribution in [3.63, 3.8) is 0 Å². The Morgan fingerprint density at radius 3 is 0.818 bits per heavy atom. The molecular formula is C50H30BF24NO. The predicted molar refractivity (Wildman–Crippen MR) is 231 cm³/mol. The molecule has 77 heavy (non-hydrogen) atoms. The summed E-state index contributed by atoms with van der Waals surface area (Å²) in [5.41, 5.74) is -26.6. The van der Waals surface area contributed by atoms with Crippen molar-refractivity contribution < 1.29 is 115 Å². The minimum Gasteiger partial charge on any atom is -0.231 e. The van der Waals surface area contributed by atoms with Crippen LogP contribution in [0.25, 0.3) is 10.8 Å². The second-order valence-corrected chi connectivity index (χ2v) is 17.5. The summed E-state index contributed by atoms with van der Waals surface area (Å²) in [6, 6.07) is 5.81. The number of halogens is 24. The van der Waals surface area contributed by atoms with Crippen LogP contribution in [0.5, 0.6) is 5.75 Å². The molecule has 1 aromatic heterocycles. The van der Waals surface area contributed by atoms with Crippen LogP contribution in [0.15, 0.2) is 128 Å². The molecule has 0 aliphatic rings. The molecule has 0 fully saturated rings. The lowest BCUT2D eigenvalue weighted by Gasteiger charge is -2.46. The summed E-state index contributed by atoms with van der Waals surface area (Å²) in [6.45, 7) is 6.26. The first-order valence-corrected chi connectivity index (χ1v) is 21.4. The Bertz CT molecular complexity index is 2860. The highest BCUT2D eigenvalue weighted by atomic mass is 19.4. The summed E-state index contributed by atoms with van der Waals surface area (Å²) in [6.07, 6.45) is -50.9. The largest absolute Gasteiger partial charge is 0.416 e. The highest BCUT2D eigenvalue weighted by molar-refractivity contribution is 7.20. The number of aromatic nitrogens is 1. The van der Waals surface area contributed by atoms with Crippen LogP contribution < -0.4 is 31.4 Å². The molecule has 0 saturated heterocycles. The zero-order valence-electron chi connectivity index (χ0n) is 38.6. The average molecular weight is 1130 g/mol. The summed E-state index contributed by atoms with van der Waals surface area (Å²) in [7, 11) is 0. The van der Waals surface area contributed by atoms with Gasteiger partial charge in [0.05, 0.1) is 49.9 Å². The Morgan fingerprint density at radius 1 is 0.325 bits per heavy atom. The van der Waals surface area contributed by atoms with E-state index >= 15 is 0 Å². The van der Waals surface area contributed by atoms with Crippen molar-refractivity contribution in [2.75, 3.05) is 0 Å². The predicted octanol–water partition coefficient (Wildman–Crippen LogP) is 15.1. The number of pyridine rings is 1. The molecule has 7 aromatic rings.